The van der Waals surface area contributed by atoms with Crippen molar-refractivity contribution in [1.29, 1.82) is 0 Å². The average Bonchev–Trinajstić information content (AvgIpc) is 3.05. The Morgan fingerprint density at radius 3 is 1.27 bits per heavy atom. The highest BCUT2D eigenvalue weighted by molar-refractivity contribution is 5.69. The van der Waals surface area contributed by atoms with Crippen molar-refractivity contribution in [2.24, 2.45) is 5.92 Å². The van der Waals surface area contributed by atoms with Crippen molar-refractivity contribution in [3.63, 3.8) is 0 Å². The van der Waals surface area contributed by atoms with Crippen LogP contribution in [0.2, 0.25) is 0 Å². The van der Waals surface area contributed by atoms with Gasteiger partial charge in [0.25, 0.3) is 0 Å². The van der Waals surface area contributed by atoms with Gasteiger partial charge in [0.15, 0.2) is 0 Å². The second-order valence-electron chi connectivity index (χ2n) is 14.3. The number of nitrogens with zero attached hydrogens (tertiary/aromatic N) is 1. The summed E-state index contributed by atoms with van der Waals surface area (Å²) in [4.78, 5) is 15.0. The third-order valence-corrected chi connectivity index (χ3v) is 9.73. The number of aliphatic hydroxyl groups excluding tert-OH is 1. The zero-order valence-electron chi connectivity index (χ0n) is 31.2. The molecule has 1 N–H and O–H groups in total. The lowest BCUT2D eigenvalue weighted by molar-refractivity contribution is -0.145. The zero-order chi connectivity index (χ0) is 32.9. The van der Waals surface area contributed by atoms with Crippen molar-refractivity contribution in [3.8, 4) is 0 Å². The highest BCUT2D eigenvalue weighted by Crippen LogP contribution is 2.20. The third-order valence-electron chi connectivity index (χ3n) is 9.73. The Balaban J connectivity index is 3.94. The number of carbonyl (C=O) groups is 1. The fourth-order valence-corrected chi connectivity index (χ4v) is 6.61. The van der Waals surface area contributed by atoms with E-state index in [1.807, 2.05) is 0 Å². The summed E-state index contributed by atoms with van der Waals surface area (Å²) >= 11 is 0. The molecule has 0 rings (SSSR count). The molecular formula is C41H83NO3. The van der Waals surface area contributed by atoms with Crippen molar-refractivity contribution in [1.82, 2.24) is 4.90 Å². The minimum atomic E-state index is 0.0227. The number of aliphatic hydroxyl groups is 1. The van der Waals surface area contributed by atoms with Crippen LogP contribution < -0.4 is 0 Å². The third kappa shape index (κ3) is 34.5. The zero-order valence-corrected chi connectivity index (χ0v) is 31.2. The fraction of sp³-hybridized carbons (Fsp3) is 0.976. The predicted octanol–water partition coefficient (Wildman–Crippen LogP) is 12.6. The maximum Gasteiger partial charge on any atom is 0.305 e. The summed E-state index contributed by atoms with van der Waals surface area (Å²) in [5.41, 5.74) is 0. The molecule has 0 heterocycles. The van der Waals surface area contributed by atoms with Gasteiger partial charge in [0, 0.05) is 19.6 Å². The molecule has 0 spiro atoms. The lowest BCUT2D eigenvalue weighted by Crippen LogP contribution is -2.27. The summed E-state index contributed by atoms with van der Waals surface area (Å²) in [6.07, 6.45) is 39.6. The summed E-state index contributed by atoms with van der Waals surface area (Å²) in [5, 5.41) is 9.34. The molecule has 0 radical (unpaired) electrons. The maximum absolute atomic E-state index is 12.5. The van der Waals surface area contributed by atoms with Crippen LogP contribution >= 0.6 is 0 Å². The van der Waals surface area contributed by atoms with E-state index in [1.54, 1.807) is 0 Å². The van der Waals surface area contributed by atoms with Gasteiger partial charge in [-0.25, -0.2) is 0 Å². The van der Waals surface area contributed by atoms with E-state index in [2.05, 4.69) is 25.7 Å². The number of unbranched alkanes of at least 4 members (excludes halogenated alkanes) is 23. The first-order valence-corrected chi connectivity index (χ1v) is 20.7. The molecule has 270 valence electrons. The van der Waals surface area contributed by atoms with E-state index in [1.165, 1.54) is 180 Å². The average molecular weight is 638 g/mol. The van der Waals surface area contributed by atoms with E-state index in [4.69, 9.17) is 4.74 Å². The van der Waals surface area contributed by atoms with Crippen LogP contribution in [0, 0.1) is 5.92 Å². The second kappa shape index (κ2) is 37.8. The lowest BCUT2D eigenvalue weighted by Gasteiger charge is -2.22. The molecule has 0 saturated heterocycles. The molecule has 0 aliphatic carbocycles. The number of esters is 1. The topological polar surface area (TPSA) is 49.8 Å². The van der Waals surface area contributed by atoms with Gasteiger partial charge in [-0.3, -0.25) is 4.79 Å². The van der Waals surface area contributed by atoms with E-state index in [0.29, 0.717) is 25.6 Å². The summed E-state index contributed by atoms with van der Waals surface area (Å²) in [5.74, 6) is 0.579. The van der Waals surface area contributed by atoms with Crippen LogP contribution in [0.1, 0.15) is 220 Å². The van der Waals surface area contributed by atoms with Crippen LogP contribution in [-0.2, 0) is 9.53 Å². The minimum Gasteiger partial charge on any atom is -0.465 e. The first-order chi connectivity index (χ1) is 22.2. The highest BCUT2D eigenvalue weighted by Gasteiger charge is 2.12. The van der Waals surface area contributed by atoms with Crippen molar-refractivity contribution < 1.29 is 14.6 Å². The first kappa shape index (κ1) is 44.4. The molecule has 0 fully saturated rings. The normalized spacial score (nSPS) is 11.7. The number of ether oxygens (including phenoxy) is 1. The van der Waals surface area contributed by atoms with E-state index in [-0.39, 0.29) is 5.97 Å². The van der Waals surface area contributed by atoms with E-state index < -0.39 is 0 Å². The van der Waals surface area contributed by atoms with Gasteiger partial charge in [0.05, 0.1) is 6.61 Å². The van der Waals surface area contributed by atoms with Crippen LogP contribution in [0.4, 0.5) is 0 Å². The van der Waals surface area contributed by atoms with E-state index in [0.717, 1.165) is 32.4 Å². The largest absolute Gasteiger partial charge is 0.465 e. The highest BCUT2D eigenvalue weighted by atomic mass is 16.5. The molecule has 0 atom stereocenters. The Kier molecular flexibility index (Phi) is 37.3. The van der Waals surface area contributed by atoms with E-state index >= 15 is 0 Å². The van der Waals surface area contributed by atoms with Crippen LogP contribution in [-0.4, -0.2) is 48.8 Å². The molecule has 0 aromatic carbocycles. The summed E-state index contributed by atoms with van der Waals surface area (Å²) < 4.78 is 5.79. The molecule has 0 bridgehead atoms. The monoisotopic (exact) mass is 638 g/mol. The number of carbonyl (C=O) groups excluding carboxylic acids is 1. The molecule has 0 aliphatic heterocycles. The van der Waals surface area contributed by atoms with Gasteiger partial charge in [-0.1, -0.05) is 175 Å². The molecule has 0 saturated carbocycles. The maximum atomic E-state index is 12.5. The van der Waals surface area contributed by atoms with Crippen LogP contribution in [0.3, 0.4) is 0 Å². The fourth-order valence-electron chi connectivity index (χ4n) is 6.61. The quantitative estimate of drug-likeness (QED) is 0.0540. The molecule has 0 unspecified atom stereocenters. The minimum absolute atomic E-state index is 0.0227. The summed E-state index contributed by atoms with van der Waals surface area (Å²) in [6, 6.07) is 0. The summed E-state index contributed by atoms with van der Waals surface area (Å²) in [7, 11) is 0. The molecule has 0 aromatic heterocycles. The molecular weight excluding hydrogens is 554 g/mol. The lowest BCUT2D eigenvalue weighted by atomic mass is 9.95. The van der Waals surface area contributed by atoms with Crippen molar-refractivity contribution in [3.05, 3.63) is 0 Å². The first-order valence-electron chi connectivity index (χ1n) is 20.7. The van der Waals surface area contributed by atoms with Crippen molar-refractivity contribution in [2.45, 2.75) is 220 Å². The van der Waals surface area contributed by atoms with Crippen molar-refractivity contribution >= 4 is 5.97 Å². The van der Waals surface area contributed by atoms with Gasteiger partial charge < -0.3 is 14.7 Å². The van der Waals surface area contributed by atoms with E-state index in [9.17, 15) is 9.90 Å². The van der Waals surface area contributed by atoms with Gasteiger partial charge in [-0.15, -0.1) is 0 Å². The Hall–Kier alpha value is -0.610. The van der Waals surface area contributed by atoms with Crippen LogP contribution in [0.5, 0.6) is 0 Å². The Morgan fingerprint density at radius 1 is 0.489 bits per heavy atom. The Bertz CT molecular complexity index is 555. The van der Waals surface area contributed by atoms with Gasteiger partial charge in [-0.05, 0) is 57.5 Å². The predicted molar refractivity (Wildman–Crippen MR) is 198 cm³/mol. The second-order valence-corrected chi connectivity index (χ2v) is 14.3. The van der Waals surface area contributed by atoms with Crippen LogP contribution in [0.25, 0.3) is 0 Å². The van der Waals surface area contributed by atoms with Gasteiger partial charge >= 0.3 is 5.97 Å². The Labute approximate surface area is 283 Å². The number of rotatable bonds is 38. The molecule has 0 amide bonds. The molecule has 0 aromatic rings. The van der Waals surface area contributed by atoms with Gasteiger partial charge in [-0.2, -0.15) is 0 Å². The molecule has 4 nitrogen and oxygen atoms in total. The summed E-state index contributed by atoms with van der Waals surface area (Å²) in [6.45, 7) is 11.1. The smallest absolute Gasteiger partial charge is 0.305 e. The Morgan fingerprint density at radius 2 is 0.844 bits per heavy atom. The van der Waals surface area contributed by atoms with Gasteiger partial charge in [0.2, 0.25) is 0 Å². The van der Waals surface area contributed by atoms with Crippen LogP contribution in [0.15, 0.2) is 0 Å². The number of hydrogen-bond acceptors (Lipinski definition) is 4. The SMILES string of the molecule is CCCCCCCCCCCCCCN(CCCO)CCCCCCCC(=O)OCC(CCCCCCC)CCCCCCC. The van der Waals surface area contributed by atoms with Crippen molar-refractivity contribution in [2.75, 3.05) is 32.8 Å². The number of hydrogen-bond donors (Lipinski definition) is 1. The molecule has 4 heteroatoms. The standard InChI is InChI=1S/C41H83NO3/c1-4-7-10-13-14-15-16-17-18-19-24-29-35-42(37-31-38-43)36-30-25-20-23-28-34-41(44)45-39-40(32-26-21-11-8-5-2)33-27-22-12-9-6-3/h40,43H,4-39H2,1-3H3. The molecule has 45 heavy (non-hydrogen) atoms. The molecule has 0 aliphatic rings. The van der Waals surface area contributed by atoms with Gasteiger partial charge in [0.1, 0.15) is 0 Å².